The zero-order chi connectivity index (χ0) is 27.6. The molecule has 194 valence electrons. The van der Waals surface area contributed by atoms with E-state index in [1.165, 1.54) is 81.7 Å². The minimum Gasteiger partial charge on any atom is -0.264 e. The molecule has 9 rings (SSSR count). The molecule has 0 saturated heterocycles. The Kier molecular flexibility index (Phi) is 4.97. The summed E-state index contributed by atoms with van der Waals surface area (Å²) in [5, 5.41) is 13.0. The summed E-state index contributed by atoms with van der Waals surface area (Å²) in [6.07, 6.45) is 3.74. The lowest BCUT2D eigenvalue weighted by atomic mass is 9.84. The number of fused-ring (bicyclic) bond motifs is 2. The molecule has 1 nitrogen and oxygen atoms in total. The number of hydrogen-bond acceptors (Lipinski definition) is 1. The van der Waals surface area contributed by atoms with Crippen molar-refractivity contribution in [1.29, 1.82) is 0 Å². The molecule has 0 saturated carbocycles. The minimum atomic E-state index is 1.13. The zero-order valence-electron chi connectivity index (χ0n) is 22.9. The Morgan fingerprint density at radius 3 is 1.38 bits per heavy atom. The van der Waals surface area contributed by atoms with Crippen LogP contribution in [0.2, 0.25) is 0 Å². The average molecular weight is 532 g/mol. The van der Waals surface area contributed by atoms with Crippen LogP contribution < -0.4 is 0 Å². The molecule has 1 aromatic heterocycles. The predicted octanol–water partition coefficient (Wildman–Crippen LogP) is 11.3. The molecule has 0 aliphatic carbocycles. The molecule has 0 bridgehead atoms. The van der Waals surface area contributed by atoms with Gasteiger partial charge in [-0.3, -0.25) is 4.98 Å². The summed E-state index contributed by atoms with van der Waals surface area (Å²) in [5.74, 6) is 0. The van der Waals surface area contributed by atoms with Crippen LogP contribution in [0.25, 0.3) is 87.2 Å². The largest absolute Gasteiger partial charge is 0.264 e. The Morgan fingerprint density at radius 1 is 0.333 bits per heavy atom. The maximum absolute atomic E-state index is 4.31. The van der Waals surface area contributed by atoms with E-state index in [9.17, 15) is 0 Å². The van der Waals surface area contributed by atoms with Crippen molar-refractivity contribution in [2.75, 3.05) is 0 Å². The van der Waals surface area contributed by atoms with Crippen molar-refractivity contribution in [2.24, 2.45) is 0 Å². The molecule has 0 amide bonds. The van der Waals surface area contributed by atoms with Crippen LogP contribution in [0.4, 0.5) is 0 Å². The number of nitrogens with zero attached hydrogens (tertiary/aromatic N) is 1. The van der Waals surface area contributed by atoms with Crippen molar-refractivity contribution in [3.8, 4) is 33.4 Å². The van der Waals surface area contributed by atoms with Gasteiger partial charge in [0.05, 0.1) is 0 Å². The van der Waals surface area contributed by atoms with E-state index in [2.05, 4.69) is 138 Å². The van der Waals surface area contributed by atoms with Crippen LogP contribution in [0.15, 0.2) is 152 Å². The SMILES string of the molecule is c1cncc(-c2ccc(-c3c4ccccc4c(-c4cc5ccc6cccc7ccc(c4)c5c67)c4ccccc34)cc2)c1. The first-order chi connectivity index (χ1) is 20.8. The van der Waals surface area contributed by atoms with Gasteiger partial charge in [-0.2, -0.15) is 0 Å². The molecule has 0 unspecified atom stereocenters. The normalized spacial score (nSPS) is 11.8. The van der Waals surface area contributed by atoms with E-state index in [0.717, 1.165) is 5.56 Å². The first kappa shape index (κ1) is 23.2. The van der Waals surface area contributed by atoms with Crippen LogP contribution in [0.3, 0.4) is 0 Å². The summed E-state index contributed by atoms with van der Waals surface area (Å²) in [4.78, 5) is 4.31. The van der Waals surface area contributed by atoms with Crippen molar-refractivity contribution in [2.45, 2.75) is 0 Å². The first-order valence-electron chi connectivity index (χ1n) is 14.5. The number of benzene rings is 8. The van der Waals surface area contributed by atoms with E-state index in [1.54, 1.807) is 0 Å². The second-order valence-corrected chi connectivity index (χ2v) is 11.2. The van der Waals surface area contributed by atoms with Crippen LogP contribution in [-0.2, 0) is 0 Å². The van der Waals surface area contributed by atoms with Crippen LogP contribution in [-0.4, -0.2) is 4.98 Å². The Morgan fingerprint density at radius 2 is 0.833 bits per heavy atom. The third-order valence-corrected chi connectivity index (χ3v) is 8.85. The molecule has 42 heavy (non-hydrogen) atoms. The highest BCUT2D eigenvalue weighted by molar-refractivity contribution is 6.26. The van der Waals surface area contributed by atoms with E-state index < -0.39 is 0 Å². The second-order valence-electron chi connectivity index (χ2n) is 11.2. The third kappa shape index (κ3) is 3.41. The summed E-state index contributed by atoms with van der Waals surface area (Å²) >= 11 is 0. The molecule has 0 atom stereocenters. The van der Waals surface area contributed by atoms with Gasteiger partial charge in [-0.15, -0.1) is 0 Å². The highest BCUT2D eigenvalue weighted by atomic mass is 14.6. The van der Waals surface area contributed by atoms with Gasteiger partial charge >= 0.3 is 0 Å². The van der Waals surface area contributed by atoms with Crippen LogP contribution in [0.5, 0.6) is 0 Å². The quantitative estimate of drug-likeness (QED) is 0.163. The highest BCUT2D eigenvalue weighted by Gasteiger charge is 2.18. The monoisotopic (exact) mass is 531 g/mol. The van der Waals surface area contributed by atoms with Crippen LogP contribution in [0, 0.1) is 0 Å². The second kappa shape index (κ2) is 8.99. The summed E-state index contributed by atoms with van der Waals surface area (Å²) < 4.78 is 0. The van der Waals surface area contributed by atoms with E-state index in [1.807, 2.05) is 18.5 Å². The van der Waals surface area contributed by atoms with E-state index in [-0.39, 0.29) is 0 Å². The van der Waals surface area contributed by atoms with Gasteiger partial charge in [-0.25, -0.2) is 0 Å². The molecule has 0 aliphatic heterocycles. The maximum atomic E-state index is 4.31. The zero-order valence-corrected chi connectivity index (χ0v) is 22.9. The van der Waals surface area contributed by atoms with E-state index in [0.29, 0.717) is 0 Å². The lowest BCUT2D eigenvalue weighted by Gasteiger charge is -2.19. The van der Waals surface area contributed by atoms with Crippen molar-refractivity contribution < 1.29 is 0 Å². The molecule has 1 heteroatoms. The highest BCUT2D eigenvalue weighted by Crippen LogP contribution is 2.45. The topological polar surface area (TPSA) is 12.9 Å². The van der Waals surface area contributed by atoms with E-state index in [4.69, 9.17) is 0 Å². The van der Waals surface area contributed by atoms with Gasteiger partial charge in [-0.05, 0) is 105 Å². The molecule has 1 heterocycles. The third-order valence-electron chi connectivity index (χ3n) is 8.85. The summed E-state index contributed by atoms with van der Waals surface area (Å²) in [7, 11) is 0. The van der Waals surface area contributed by atoms with Crippen molar-refractivity contribution in [1.82, 2.24) is 4.98 Å². The van der Waals surface area contributed by atoms with Crippen molar-refractivity contribution >= 4 is 53.9 Å². The first-order valence-corrected chi connectivity index (χ1v) is 14.5. The van der Waals surface area contributed by atoms with Crippen LogP contribution in [0.1, 0.15) is 0 Å². The predicted molar refractivity (Wildman–Crippen MR) is 179 cm³/mol. The Balaban J connectivity index is 1.33. The van der Waals surface area contributed by atoms with Crippen LogP contribution >= 0.6 is 0 Å². The standard InChI is InChI=1S/C41H25N/c1-3-12-36-34(10-1)40(29-16-14-26(15-17-29)32-9-6-22-42-25-32)35-11-2-4-13-37(35)41(36)33-23-30-20-18-27-7-5-8-28-19-21-31(24-33)39(30)38(27)28/h1-25H. The molecular formula is C41H25N. The van der Waals surface area contributed by atoms with Gasteiger partial charge in [0.2, 0.25) is 0 Å². The summed E-state index contributed by atoms with van der Waals surface area (Å²) in [5.41, 5.74) is 7.35. The number of aromatic nitrogens is 1. The Bertz CT molecular complexity index is 2320. The smallest absolute Gasteiger partial charge is 0.0346 e. The Hall–Kier alpha value is -5.53. The molecule has 0 fully saturated rings. The Labute approximate surface area is 243 Å². The molecule has 9 aromatic rings. The lowest BCUT2D eigenvalue weighted by Crippen LogP contribution is -1.92. The van der Waals surface area contributed by atoms with E-state index >= 15 is 0 Å². The maximum Gasteiger partial charge on any atom is 0.0346 e. The molecule has 0 radical (unpaired) electrons. The number of hydrogen-bond donors (Lipinski definition) is 0. The van der Waals surface area contributed by atoms with Gasteiger partial charge < -0.3 is 0 Å². The molecule has 0 N–H and O–H groups in total. The van der Waals surface area contributed by atoms with Gasteiger partial charge in [0, 0.05) is 12.4 Å². The molecule has 0 aliphatic rings. The number of rotatable bonds is 3. The van der Waals surface area contributed by atoms with Crippen molar-refractivity contribution in [3.63, 3.8) is 0 Å². The molecule has 8 aromatic carbocycles. The van der Waals surface area contributed by atoms with Gasteiger partial charge in [-0.1, -0.05) is 121 Å². The summed E-state index contributed by atoms with van der Waals surface area (Å²) in [6, 6.07) is 51.3. The number of pyridine rings is 1. The summed E-state index contributed by atoms with van der Waals surface area (Å²) in [6.45, 7) is 0. The van der Waals surface area contributed by atoms with Gasteiger partial charge in [0.1, 0.15) is 0 Å². The average Bonchev–Trinajstić information content (AvgIpc) is 3.06. The molecule has 0 spiro atoms. The molecular weight excluding hydrogens is 506 g/mol. The van der Waals surface area contributed by atoms with Gasteiger partial charge in [0.25, 0.3) is 0 Å². The fraction of sp³-hybridized carbons (Fsp3) is 0. The van der Waals surface area contributed by atoms with Gasteiger partial charge in [0.15, 0.2) is 0 Å². The fourth-order valence-corrected chi connectivity index (χ4v) is 7.01. The lowest BCUT2D eigenvalue weighted by molar-refractivity contribution is 1.33. The fourth-order valence-electron chi connectivity index (χ4n) is 7.01. The minimum absolute atomic E-state index is 1.13. The van der Waals surface area contributed by atoms with Crippen molar-refractivity contribution in [3.05, 3.63) is 152 Å².